The molecule has 6 heteroatoms. The Bertz CT molecular complexity index is 850. The number of nitrogens with one attached hydrogen (secondary N) is 1. The first-order chi connectivity index (χ1) is 10.6. The van der Waals surface area contributed by atoms with Crippen LogP contribution < -0.4 is 5.32 Å². The van der Waals surface area contributed by atoms with E-state index in [2.05, 4.69) is 15.4 Å². The largest absolute Gasteiger partial charge is 0.340 e. The van der Waals surface area contributed by atoms with Gasteiger partial charge in [-0.05, 0) is 49.4 Å². The zero-order chi connectivity index (χ0) is 15.3. The average molecular weight is 317 g/mol. The van der Waals surface area contributed by atoms with Crippen molar-refractivity contribution in [2.45, 2.75) is 25.7 Å². The van der Waals surface area contributed by atoms with Gasteiger partial charge in [0, 0.05) is 17.3 Å². The molecule has 1 fully saturated rings. The summed E-state index contributed by atoms with van der Waals surface area (Å²) in [6.45, 7) is 1.85. The molecule has 112 valence electrons. The van der Waals surface area contributed by atoms with Gasteiger partial charge in [0.2, 0.25) is 0 Å². The number of fused-ring (bicyclic) bond motifs is 1. The van der Waals surface area contributed by atoms with Gasteiger partial charge in [-0.2, -0.15) is 9.61 Å². The molecule has 0 saturated heterocycles. The van der Waals surface area contributed by atoms with Gasteiger partial charge in [-0.15, -0.1) is 0 Å². The number of nitrogens with zero attached hydrogens (tertiary/aromatic N) is 3. The summed E-state index contributed by atoms with van der Waals surface area (Å²) in [6.07, 6.45) is 4.18. The molecule has 0 amide bonds. The first kappa shape index (κ1) is 13.5. The minimum atomic E-state index is -0.280. The fourth-order valence-corrected chi connectivity index (χ4v) is 2.86. The van der Waals surface area contributed by atoms with Crippen LogP contribution in [-0.4, -0.2) is 14.6 Å². The van der Waals surface area contributed by atoms with Crippen molar-refractivity contribution in [1.29, 1.82) is 0 Å². The number of rotatable bonds is 3. The molecule has 2 heterocycles. The maximum Gasteiger partial charge on any atom is 0.162 e. The third-order valence-electron chi connectivity index (χ3n) is 3.80. The van der Waals surface area contributed by atoms with Crippen molar-refractivity contribution in [1.82, 2.24) is 14.6 Å². The van der Waals surface area contributed by atoms with E-state index in [0.717, 1.165) is 16.8 Å². The molecule has 1 aliphatic carbocycles. The van der Waals surface area contributed by atoms with Crippen LogP contribution in [0.3, 0.4) is 0 Å². The number of hydrogen-bond acceptors (Lipinski definition) is 3. The molecule has 0 bridgehead atoms. The van der Waals surface area contributed by atoms with E-state index >= 15 is 0 Å². The monoisotopic (exact) mass is 316 g/mol. The highest BCUT2D eigenvalue weighted by Crippen LogP contribution is 2.42. The van der Waals surface area contributed by atoms with Crippen molar-refractivity contribution in [2.24, 2.45) is 0 Å². The topological polar surface area (TPSA) is 42.2 Å². The van der Waals surface area contributed by atoms with Crippen LogP contribution in [0.15, 0.2) is 30.5 Å². The molecule has 2 aromatic heterocycles. The van der Waals surface area contributed by atoms with Crippen LogP contribution in [-0.2, 0) is 0 Å². The molecule has 4 rings (SSSR count). The van der Waals surface area contributed by atoms with E-state index in [0.29, 0.717) is 22.6 Å². The lowest BCUT2D eigenvalue weighted by atomic mass is 10.2. The quantitative estimate of drug-likeness (QED) is 0.726. The molecular weight excluding hydrogens is 303 g/mol. The smallest absolute Gasteiger partial charge is 0.162 e. The minimum absolute atomic E-state index is 0.280. The molecule has 4 nitrogen and oxygen atoms in total. The Balaban J connectivity index is 1.80. The number of anilines is 2. The van der Waals surface area contributed by atoms with Crippen LogP contribution in [0.25, 0.3) is 5.65 Å². The second-order valence-electron chi connectivity index (χ2n) is 5.72. The van der Waals surface area contributed by atoms with E-state index < -0.39 is 0 Å². The van der Waals surface area contributed by atoms with E-state index in [9.17, 15) is 4.39 Å². The third-order valence-corrected chi connectivity index (χ3v) is 3.99. The summed E-state index contributed by atoms with van der Waals surface area (Å²) in [6, 6.07) is 6.49. The zero-order valence-electron chi connectivity index (χ0n) is 12.0. The predicted molar refractivity (Wildman–Crippen MR) is 84.4 cm³/mol. The van der Waals surface area contributed by atoms with Gasteiger partial charge in [-0.1, -0.05) is 11.6 Å². The molecular formula is C16H14ClFN4. The fraction of sp³-hybridized carbons (Fsp3) is 0.250. The third kappa shape index (κ3) is 2.41. The Morgan fingerprint density at radius 3 is 2.82 bits per heavy atom. The van der Waals surface area contributed by atoms with E-state index in [-0.39, 0.29) is 5.82 Å². The van der Waals surface area contributed by atoms with E-state index in [1.165, 1.54) is 25.0 Å². The maximum absolute atomic E-state index is 13.5. The van der Waals surface area contributed by atoms with Crippen LogP contribution in [0, 0.1) is 12.7 Å². The predicted octanol–water partition coefficient (Wildman–Crippen LogP) is 4.45. The van der Waals surface area contributed by atoms with Crippen molar-refractivity contribution in [3.05, 3.63) is 52.6 Å². The van der Waals surface area contributed by atoms with Gasteiger partial charge < -0.3 is 5.32 Å². The molecule has 1 saturated carbocycles. The number of hydrogen-bond donors (Lipinski definition) is 1. The second kappa shape index (κ2) is 4.95. The number of aryl methyl sites for hydroxylation is 1. The van der Waals surface area contributed by atoms with Crippen LogP contribution in [0.4, 0.5) is 15.9 Å². The Hall–Kier alpha value is -2.14. The summed E-state index contributed by atoms with van der Waals surface area (Å²) < 4.78 is 15.3. The summed E-state index contributed by atoms with van der Waals surface area (Å²) >= 11 is 6.14. The Labute approximate surface area is 131 Å². The molecule has 1 N–H and O–H groups in total. The lowest BCUT2D eigenvalue weighted by molar-refractivity contribution is 0.627. The van der Waals surface area contributed by atoms with Crippen molar-refractivity contribution in [3.8, 4) is 0 Å². The lowest BCUT2D eigenvalue weighted by Crippen LogP contribution is -2.02. The van der Waals surface area contributed by atoms with Crippen molar-refractivity contribution >= 4 is 28.8 Å². The van der Waals surface area contributed by atoms with Crippen LogP contribution in [0.5, 0.6) is 0 Å². The SMILES string of the molecule is Cc1cc(F)cc(Nc2cc(Cl)nc3c(C4CC4)cnn23)c1. The van der Waals surface area contributed by atoms with E-state index in [1.54, 1.807) is 10.6 Å². The lowest BCUT2D eigenvalue weighted by Gasteiger charge is -2.10. The van der Waals surface area contributed by atoms with Gasteiger partial charge in [0.05, 0.1) is 6.20 Å². The van der Waals surface area contributed by atoms with Gasteiger partial charge in [0.25, 0.3) is 0 Å². The molecule has 1 aliphatic rings. The maximum atomic E-state index is 13.5. The van der Waals surface area contributed by atoms with Crippen LogP contribution >= 0.6 is 11.6 Å². The van der Waals surface area contributed by atoms with E-state index in [1.807, 2.05) is 19.2 Å². The highest BCUT2D eigenvalue weighted by atomic mass is 35.5. The van der Waals surface area contributed by atoms with Gasteiger partial charge in [-0.3, -0.25) is 0 Å². The van der Waals surface area contributed by atoms with Crippen molar-refractivity contribution in [3.63, 3.8) is 0 Å². The number of benzene rings is 1. The number of halogens is 2. The first-order valence-electron chi connectivity index (χ1n) is 7.18. The summed E-state index contributed by atoms with van der Waals surface area (Å²) in [4.78, 5) is 4.39. The average Bonchev–Trinajstić information content (AvgIpc) is 3.18. The Morgan fingerprint density at radius 2 is 2.09 bits per heavy atom. The highest BCUT2D eigenvalue weighted by Gasteiger charge is 2.28. The molecule has 0 aliphatic heterocycles. The van der Waals surface area contributed by atoms with Gasteiger partial charge in [0.15, 0.2) is 5.65 Å². The molecule has 0 atom stereocenters. The van der Waals surface area contributed by atoms with Gasteiger partial charge >= 0.3 is 0 Å². The normalized spacial score (nSPS) is 14.5. The number of aromatic nitrogens is 3. The molecule has 0 spiro atoms. The molecule has 1 aromatic carbocycles. The zero-order valence-corrected chi connectivity index (χ0v) is 12.7. The van der Waals surface area contributed by atoms with Crippen molar-refractivity contribution < 1.29 is 4.39 Å². The Morgan fingerprint density at radius 1 is 1.27 bits per heavy atom. The highest BCUT2D eigenvalue weighted by molar-refractivity contribution is 6.29. The molecule has 3 aromatic rings. The standard InChI is InChI=1S/C16H14ClFN4/c1-9-4-11(18)6-12(5-9)20-15-7-14(17)21-16-13(10-2-3-10)8-19-22(15)16/h4-8,10,20H,2-3H2,1H3. The van der Waals surface area contributed by atoms with Gasteiger partial charge in [-0.25, -0.2) is 9.37 Å². The Kier molecular flexibility index (Phi) is 3.04. The molecule has 0 unspecified atom stereocenters. The van der Waals surface area contributed by atoms with Crippen LogP contribution in [0.1, 0.15) is 29.9 Å². The first-order valence-corrected chi connectivity index (χ1v) is 7.56. The second-order valence-corrected chi connectivity index (χ2v) is 6.10. The molecule has 22 heavy (non-hydrogen) atoms. The minimum Gasteiger partial charge on any atom is -0.340 e. The summed E-state index contributed by atoms with van der Waals surface area (Å²) in [5, 5.41) is 7.97. The fourth-order valence-electron chi connectivity index (χ4n) is 2.68. The van der Waals surface area contributed by atoms with Crippen LogP contribution in [0.2, 0.25) is 5.15 Å². The van der Waals surface area contributed by atoms with Gasteiger partial charge in [0.1, 0.15) is 16.8 Å². The van der Waals surface area contributed by atoms with Crippen molar-refractivity contribution in [2.75, 3.05) is 5.32 Å². The molecule has 0 radical (unpaired) electrons. The summed E-state index contributed by atoms with van der Waals surface area (Å²) in [5.74, 6) is 0.928. The summed E-state index contributed by atoms with van der Waals surface area (Å²) in [5.41, 5.74) is 3.40. The van der Waals surface area contributed by atoms with E-state index in [4.69, 9.17) is 11.6 Å². The summed E-state index contributed by atoms with van der Waals surface area (Å²) in [7, 11) is 0.